The molecular weight excluding hydrogens is 426 g/mol. The standard InChI is InChI=1S/C28H37N3O3/c1-27-11-9-16-17-10-12-28(33)25(26(28)34-2)19(17)6-5-18(16)20(27)7-8-21(27)24(32)15-31-14-23-22(30-31)4-3-13-29-23/h3-4,13-14,16-21,25-26,33H,5-12,15H2,1-2H3/t16-,17-,18-,19-,20+,21-,25?,26?,27+,28-/m1/s1. The predicted octanol–water partition coefficient (Wildman–Crippen LogP) is 4.26. The van der Waals surface area contributed by atoms with Gasteiger partial charge in [-0.2, -0.15) is 5.10 Å². The molecule has 5 saturated carbocycles. The predicted molar refractivity (Wildman–Crippen MR) is 128 cm³/mol. The third-order valence-electron chi connectivity index (χ3n) is 11.3. The topological polar surface area (TPSA) is 77.2 Å². The number of ketones is 1. The number of hydrogen-bond acceptors (Lipinski definition) is 5. The molecule has 2 aromatic heterocycles. The van der Waals surface area contributed by atoms with Crippen molar-refractivity contribution in [2.75, 3.05) is 7.11 Å². The zero-order chi connectivity index (χ0) is 23.2. The van der Waals surface area contributed by atoms with Crippen molar-refractivity contribution in [2.45, 2.75) is 76.5 Å². The van der Waals surface area contributed by atoms with E-state index in [2.05, 4.69) is 17.0 Å². The van der Waals surface area contributed by atoms with Gasteiger partial charge in [-0.05, 0) is 98.5 Å². The van der Waals surface area contributed by atoms with E-state index in [1.807, 2.05) is 18.3 Å². The van der Waals surface area contributed by atoms with Crippen molar-refractivity contribution in [3.05, 3.63) is 24.5 Å². The molecule has 182 valence electrons. The molecule has 0 spiro atoms. The van der Waals surface area contributed by atoms with Gasteiger partial charge >= 0.3 is 0 Å². The Kier molecular flexibility index (Phi) is 4.65. The molecule has 7 rings (SSSR count). The number of Topliss-reactive ketones (excluding diaryl/α,β-unsaturated/α-hetero) is 1. The van der Waals surface area contributed by atoms with Crippen molar-refractivity contribution in [3.8, 4) is 0 Å². The second kappa shape index (κ2) is 7.36. The number of rotatable bonds is 4. The minimum Gasteiger partial charge on any atom is -0.387 e. The number of ether oxygens (including phenoxy) is 1. The van der Waals surface area contributed by atoms with E-state index in [1.54, 1.807) is 18.0 Å². The number of fused-ring (bicyclic) bond motifs is 8. The third-order valence-corrected chi connectivity index (χ3v) is 11.3. The zero-order valence-electron chi connectivity index (χ0n) is 20.4. The summed E-state index contributed by atoms with van der Waals surface area (Å²) in [6.07, 6.45) is 13.0. The summed E-state index contributed by atoms with van der Waals surface area (Å²) in [4.78, 5) is 17.9. The zero-order valence-corrected chi connectivity index (χ0v) is 20.4. The number of pyridine rings is 1. The highest BCUT2D eigenvalue weighted by Crippen LogP contribution is 2.69. The van der Waals surface area contributed by atoms with Crippen LogP contribution in [0.15, 0.2) is 24.5 Å². The second-order valence-corrected chi connectivity index (χ2v) is 12.4. The van der Waals surface area contributed by atoms with Crippen LogP contribution in [0.2, 0.25) is 0 Å². The highest BCUT2D eigenvalue weighted by atomic mass is 16.5. The van der Waals surface area contributed by atoms with Gasteiger partial charge < -0.3 is 9.84 Å². The normalized spacial score (nSPS) is 46.9. The summed E-state index contributed by atoms with van der Waals surface area (Å²) in [6.45, 7) is 2.79. The number of carbonyl (C=O) groups is 1. The first kappa shape index (κ1) is 21.5. The first-order chi connectivity index (χ1) is 16.4. The molecule has 2 aromatic rings. The summed E-state index contributed by atoms with van der Waals surface area (Å²) in [6, 6.07) is 3.85. The van der Waals surface area contributed by atoms with Gasteiger partial charge in [-0.3, -0.25) is 14.5 Å². The van der Waals surface area contributed by atoms with Gasteiger partial charge in [0.15, 0.2) is 5.78 Å². The number of hydrogen-bond donors (Lipinski definition) is 1. The van der Waals surface area contributed by atoms with Gasteiger partial charge in [0.25, 0.3) is 0 Å². The molecule has 0 bridgehead atoms. The van der Waals surface area contributed by atoms with Crippen molar-refractivity contribution in [1.82, 2.24) is 14.8 Å². The summed E-state index contributed by atoms with van der Waals surface area (Å²) >= 11 is 0. The van der Waals surface area contributed by atoms with E-state index in [9.17, 15) is 9.90 Å². The monoisotopic (exact) mass is 463 g/mol. The molecule has 0 aliphatic heterocycles. The second-order valence-electron chi connectivity index (χ2n) is 12.4. The summed E-state index contributed by atoms with van der Waals surface area (Å²) in [7, 11) is 1.77. The van der Waals surface area contributed by atoms with Crippen molar-refractivity contribution in [3.63, 3.8) is 0 Å². The lowest BCUT2D eigenvalue weighted by molar-refractivity contribution is -0.131. The van der Waals surface area contributed by atoms with E-state index in [4.69, 9.17) is 4.74 Å². The first-order valence-electron chi connectivity index (χ1n) is 13.5. The Morgan fingerprint density at radius 3 is 2.71 bits per heavy atom. The van der Waals surface area contributed by atoms with Crippen LogP contribution < -0.4 is 0 Å². The quantitative estimate of drug-likeness (QED) is 0.733. The van der Waals surface area contributed by atoms with E-state index >= 15 is 0 Å². The van der Waals surface area contributed by atoms with Crippen LogP contribution in [0.4, 0.5) is 0 Å². The fraction of sp³-hybridized carbons (Fsp3) is 0.750. The van der Waals surface area contributed by atoms with Crippen LogP contribution in [-0.4, -0.2) is 44.5 Å². The number of carbonyl (C=O) groups excluding carboxylic acids is 1. The molecule has 6 heteroatoms. The fourth-order valence-corrected chi connectivity index (χ4v) is 9.91. The molecule has 5 aliphatic rings. The molecule has 2 heterocycles. The molecule has 34 heavy (non-hydrogen) atoms. The molecule has 2 unspecified atom stereocenters. The maximum absolute atomic E-state index is 13.6. The largest absolute Gasteiger partial charge is 0.387 e. The molecule has 6 nitrogen and oxygen atoms in total. The molecule has 5 aliphatic carbocycles. The van der Waals surface area contributed by atoms with Crippen molar-refractivity contribution < 1.29 is 14.6 Å². The Bertz CT molecular complexity index is 1100. The van der Waals surface area contributed by atoms with Crippen molar-refractivity contribution >= 4 is 16.8 Å². The molecular formula is C28H37N3O3. The van der Waals surface area contributed by atoms with Crippen LogP contribution >= 0.6 is 0 Å². The van der Waals surface area contributed by atoms with Gasteiger partial charge in [-0.1, -0.05) is 6.92 Å². The lowest BCUT2D eigenvalue weighted by Gasteiger charge is -2.55. The number of methoxy groups -OCH3 is 1. The molecule has 0 saturated heterocycles. The fourth-order valence-electron chi connectivity index (χ4n) is 9.91. The van der Waals surface area contributed by atoms with Crippen molar-refractivity contribution in [1.29, 1.82) is 0 Å². The molecule has 10 atom stereocenters. The Morgan fingerprint density at radius 2 is 1.88 bits per heavy atom. The lowest BCUT2D eigenvalue weighted by atomic mass is 9.49. The number of aliphatic hydroxyl groups is 1. The maximum atomic E-state index is 13.6. The van der Waals surface area contributed by atoms with Crippen LogP contribution in [0, 0.1) is 46.8 Å². The van der Waals surface area contributed by atoms with Crippen LogP contribution in [0.5, 0.6) is 0 Å². The summed E-state index contributed by atoms with van der Waals surface area (Å²) in [5.74, 6) is 4.43. The first-order valence-corrected chi connectivity index (χ1v) is 13.5. The van der Waals surface area contributed by atoms with Gasteiger partial charge in [-0.25, -0.2) is 0 Å². The van der Waals surface area contributed by atoms with Gasteiger partial charge in [0.2, 0.25) is 0 Å². The van der Waals surface area contributed by atoms with Crippen LogP contribution in [-0.2, 0) is 16.1 Å². The average Bonchev–Trinajstić information content (AvgIpc) is 3.08. The third kappa shape index (κ3) is 2.84. The van der Waals surface area contributed by atoms with E-state index in [1.165, 1.54) is 32.1 Å². The number of nitrogens with zero attached hydrogens (tertiary/aromatic N) is 3. The molecule has 0 radical (unpaired) electrons. The molecule has 5 fully saturated rings. The summed E-state index contributed by atoms with van der Waals surface area (Å²) in [5.41, 5.74) is 1.30. The van der Waals surface area contributed by atoms with E-state index in [0.29, 0.717) is 30.1 Å². The minimum atomic E-state index is -0.538. The summed E-state index contributed by atoms with van der Waals surface area (Å²) < 4.78 is 7.50. The highest BCUT2D eigenvalue weighted by molar-refractivity contribution is 5.82. The number of aromatic nitrogens is 3. The smallest absolute Gasteiger partial charge is 0.157 e. The SMILES string of the molecule is COC1C2[C@@H]3CC[C@@H]4[C@H](CC[C@]5(C)[C@@H](C(=O)Cn6cc7ncccc7n6)CC[C@@H]45)[C@H]3CC[C@]12O. The Morgan fingerprint density at radius 1 is 1.09 bits per heavy atom. The van der Waals surface area contributed by atoms with E-state index in [-0.39, 0.29) is 17.4 Å². The highest BCUT2D eigenvalue weighted by Gasteiger charge is 2.72. The van der Waals surface area contributed by atoms with Gasteiger partial charge in [0.05, 0.1) is 24.4 Å². The maximum Gasteiger partial charge on any atom is 0.157 e. The van der Waals surface area contributed by atoms with Crippen LogP contribution in [0.1, 0.15) is 58.3 Å². The molecule has 0 amide bonds. The van der Waals surface area contributed by atoms with Gasteiger partial charge in [-0.15, -0.1) is 0 Å². The van der Waals surface area contributed by atoms with Gasteiger partial charge in [0.1, 0.15) is 11.0 Å². The van der Waals surface area contributed by atoms with E-state index in [0.717, 1.165) is 48.0 Å². The Balaban J connectivity index is 1.08. The molecule has 1 N–H and O–H groups in total. The lowest BCUT2D eigenvalue weighted by Crippen LogP contribution is -2.50. The van der Waals surface area contributed by atoms with Gasteiger partial charge in [0, 0.05) is 25.1 Å². The summed E-state index contributed by atoms with van der Waals surface area (Å²) in [5, 5.41) is 15.6. The van der Waals surface area contributed by atoms with Crippen molar-refractivity contribution in [2.24, 2.45) is 46.8 Å². The Labute approximate surface area is 201 Å². The van der Waals surface area contributed by atoms with Crippen LogP contribution in [0.3, 0.4) is 0 Å². The Hall–Kier alpha value is -1.79. The van der Waals surface area contributed by atoms with E-state index < -0.39 is 5.60 Å². The van der Waals surface area contributed by atoms with Crippen LogP contribution in [0.25, 0.3) is 11.0 Å². The average molecular weight is 464 g/mol. The minimum absolute atomic E-state index is 0.0653. The molecule has 0 aromatic carbocycles.